The van der Waals surface area contributed by atoms with Gasteiger partial charge in [0, 0.05) is 18.7 Å². The van der Waals surface area contributed by atoms with Crippen molar-refractivity contribution in [1.82, 2.24) is 9.55 Å². The van der Waals surface area contributed by atoms with Crippen LogP contribution in [0.4, 0.5) is 11.4 Å². The summed E-state index contributed by atoms with van der Waals surface area (Å²) >= 11 is 1.20. The molecule has 0 fully saturated rings. The number of thiophene rings is 1. The first-order chi connectivity index (χ1) is 13.6. The Morgan fingerprint density at radius 2 is 2.03 bits per heavy atom. The van der Waals surface area contributed by atoms with Gasteiger partial charge in [0.25, 0.3) is 11.5 Å². The number of amides is 1. The lowest BCUT2D eigenvalue weighted by molar-refractivity contribution is 0.103. The van der Waals surface area contributed by atoms with E-state index in [0.717, 1.165) is 30.5 Å². The molecule has 0 aliphatic carbocycles. The Labute approximate surface area is 171 Å². The van der Waals surface area contributed by atoms with Crippen molar-refractivity contribution < 1.29 is 13.2 Å². The summed E-state index contributed by atoms with van der Waals surface area (Å²) in [5.74, 6) is 0.412. The van der Waals surface area contributed by atoms with Crippen LogP contribution < -0.4 is 15.6 Å². The molecule has 1 aromatic carbocycles. The molecule has 1 aliphatic rings. The van der Waals surface area contributed by atoms with E-state index in [1.165, 1.54) is 11.3 Å². The molecule has 29 heavy (non-hydrogen) atoms. The minimum atomic E-state index is -3.44. The monoisotopic (exact) mass is 432 g/mol. The summed E-state index contributed by atoms with van der Waals surface area (Å²) in [7, 11) is -3.44. The lowest BCUT2D eigenvalue weighted by Crippen LogP contribution is -2.20. The van der Waals surface area contributed by atoms with Gasteiger partial charge in [-0.1, -0.05) is 6.07 Å². The van der Waals surface area contributed by atoms with Crippen LogP contribution >= 0.6 is 11.3 Å². The van der Waals surface area contributed by atoms with E-state index in [9.17, 15) is 18.0 Å². The third-order valence-corrected chi connectivity index (χ3v) is 6.68. The quantitative estimate of drug-likeness (QED) is 0.659. The Balaban J connectivity index is 1.68. The fourth-order valence-electron chi connectivity index (χ4n) is 3.49. The van der Waals surface area contributed by atoms with Crippen LogP contribution in [-0.2, 0) is 23.0 Å². The van der Waals surface area contributed by atoms with Gasteiger partial charge in [-0.2, -0.15) is 0 Å². The van der Waals surface area contributed by atoms with Crippen LogP contribution in [-0.4, -0.2) is 30.1 Å². The molecule has 3 heterocycles. The zero-order chi connectivity index (χ0) is 20.9. The van der Waals surface area contributed by atoms with Crippen LogP contribution in [0, 0.1) is 13.8 Å². The Kier molecular flexibility index (Phi) is 4.70. The van der Waals surface area contributed by atoms with E-state index in [0.29, 0.717) is 38.6 Å². The van der Waals surface area contributed by atoms with Crippen LogP contribution in [0.5, 0.6) is 0 Å². The van der Waals surface area contributed by atoms with E-state index < -0.39 is 10.0 Å². The molecule has 8 nitrogen and oxygen atoms in total. The summed E-state index contributed by atoms with van der Waals surface area (Å²) in [6.45, 7) is 4.19. The number of aromatic nitrogens is 2. The van der Waals surface area contributed by atoms with Crippen LogP contribution in [0.3, 0.4) is 0 Å². The van der Waals surface area contributed by atoms with Crippen LogP contribution in [0.2, 0.25) is 0 Å². The summed E-state index contributed by atoms with van der Waals surface area (Å²) in [6, 6.07) is 4.99. The van der Waals surface area contributed by atoms with Crippen molar-refractivity contribution in [2.45, 2.75) is 33.2 Å². The molecule has 0 spiro atoms. The number of benzene rings is 1. The molecule has 4 rings (SSSR count). The van der Waals surface area contributed by atoms with Crippen molar-refractivity contribution in [2.75, 3.05) is 16.3 Å². The van der Waals surface area contributed by atoms with Crippen molar-refractivity contribution in [3.8, 4) is 0 Å². The smallest absolute Gasteiger partial charge is 0.266 e. The Morgan fingerprint density at radius 3 is 2.76 bits per heavy atom. The third-order valence-electron chi connectivity index (χ3n) is 4.91. The predicted octanol–water partition coefficient (Wildman–Crippen LogP) is 2.64. The number of hydrogen-bond acceptors (Lipinski definition) is 6. The first-order valence-electron chi connectivity index (χ1n) is 9.06. The summed E-state index contributed by atoms with van der Waals surface area (Å²) in [4.78, 5) is 31.2. The number of carbonyl (C=O) groups excluding carboxylic acids is 1. The minimum Gasteiger partial charge on any atom is -0.321 e. The van der Waals surface area contributed by atoms with Gasteiger partial charge in [0.15, 0.2) is 0 Å². The van der Waals surface area contributed by atoms with Gasteiger partial charge in [-0.15, -0.1) is 11.3 Å². The average Bonchev–Trinajstić information content (AvgIpc) is 3.22. The van der Waals surface area contributed by atoms with Gasteiger partial charge in [-0.3, -0.25) is 18.9 Å². The van der Waals surface area contributed by atoms with Gasteiger partial charge in [-0.25, -0.2) is 13.4 Å². The highest BCUT2D eigenvalue weighted by atomic mass is 32.2. The van der Waals surface area contributed by atoms with Crippen LogP contribution in [0.1, 0.15) is 33.0 Å². The Morgan fingerprint density at radius 1 is 1.28 bits per heavy atom. The second-order valence-corrected chi connectivity index (χ2v) is 9.93. The van der Waals surface area contributed by atoms with E-state index in [-0.39, 0.29) is 11.5 Å². The third kappa shape index (κ3) is 3.65. The van der Waals surface area contributed by atoms with Crippen molar-refractivity contribution in [3.05, 3.63) is 50.4 Å². The largest absolute Gasteiger partial charge is 0.321 e. The van der Waals surface area contributed by atoms with E-state index >= 15 is 0 Å². The fraction of sp³-hybridized carbons (Fsp3) is 0.316. The fourth-order valence-corrected chi connectivity index (χ4v) is 5.19. The SMILES string of the molecule is Cc1ccc(NC(=O)c2sc3nc4n(c(=O)c3c2C)CCC4)cc1NS(C)(=O)=O. The molecule has 1 amide bonds. The second kappa shape index (κ2) is 6.96. The molecule has 2 aromatic heterocycles. The van der Waals surface area contributed by atoms with Gasteiger partial charge >= 0.3 is 0 Å². The minimum absolute atomic E-state index is 0.0923. The highest BCUT2D eigenvalue weighted by Gasteiger charge is 2.23. The lowest BCUT2D eigenvalue weighted by atomic mass is 10.1. The van der Waals surface area contributed by atoms with Crippen molar-refractivity contribution in [2.24, 2.45) is 0 Å². The lowest BCUT2D eigenvalue weighted by Gasteiger charge is -2.11. The molecule has 1 aliphatic heterocycles. The number of fused-ring (bicyclic) bond motifs is 2. The number of carbonyl (C=O) groups is 1. The maximum atomic E-state index is 12.9. The molecule has 0 saturated carbocycles. The van der Waals surface area contributed by atoms with Crippen LogP contribution in [0.25, 0.3) is 10.2 Å². The topological polar surface area (TPSA) is 110 Å². The Bertz CT molecular complexity index is 1320. The molecule has 0 unspecified atom stereocenters. The van der Waals surface area contributed by atoms with E-state index in [4.69, 9.17) is 0 Å². The molecular formula is C19H20N4O4S2. The molecule has 3 aromatic rings. The molecule has 152 valence electrons. The number of aryl methyl sites for hydroxylation is 3. The van der Waals surface area contributed by atoms with Crippen molar-refractivity contribution in [1.29, 1.82) is 0 Å². The summed E-state index contributed by atoms with van der Waals surface area (Å²) in [5.41, 5.74) is 2.11. The first-order valence-corrected chi connectivity index (χ1v) is 11.8. The number of nitrogens with one attached hydrogen (secondary N) is 2. The molecule has 0 atom stereocenters. The zero-order valence-electron chi connectivity index (χ0n) is 16.2. The maximum Gasteiger partial charge on any atom is 0.266 e. The number of anilines is 2. The zero-order valence-corrected chi connectivity index (χ0v) is 17.8. The molecule has 2 N–H and O–H groups in total. The maximum absolute atomic E-state index is 12.9. The highest BCUT2D eigenvalue weighted by Crippen LogP contribution is 2.30. The highest BCUT2D eigenvalue weighted by molar-refractivity contribution is 7.92. The molecule has 0 bridgehead atoms. The van der Waals surface area contributed by atoms with E-state index in [1.54, 1.807) is 36.6 Å². The summed E-state index contributed by atoms with van der Waals surface area (Å²) in [5, 5.41) is 3.28. The van der Waals surface area contributed by atoms with Gasteiger partial charge in [0.05, 0.1) is 22.2 Å². The number of nitrogens with zero attached hydrogens (tertiary/aromatic N) is 2. The molecule has 10 heteroatoms. The van der Waals surface area contributed by atoms with Crippen LogP contribution in [0.15, 0.2) is 23.0 Å². The standard InChI is InChI=1S/C19H20N4O4S2/c1-10-6-7-12(9-13(10)22-29(3,26)27)20-17(24)16-11(2)15-18(28-16)21-14-5-4-8-23(14)19(15)25/h6-7,9,22H,4-5,8H2,1-3H3,(H,20,24). The van der Waals surface area contributed by atoms with Gasteiger partial charge in [0.2, 0.25) is 10.0 Å². The average molecular weight is 433 g/mol. The molecule has 0 radical (unpaired) electrons. The summed E-state index contributed by atoms with van der Waals surface area (Å²) < 4.78 is 27.2. The van der Waals surface area contributed by atoms with Crippen molar-refractivity contribution in [3.63, 3.8) is 0 Å². The predicted molar refractivity (Wildman–Crippen MR) is 115 cm³/mol. The molecule has 0 saturated heterocycles. The number of sulfonamides is 1. The van der Waals surface area contributed by atoms with Crippen molar-refractivity contribution >= 4 is 48.9 Å². The van der Waals surface area contributed by atoms with Gasteiger partial charge < -0.3 is 5.32 Å². The number of rotatable bonds is 4. The van der Waals surface area contributed by atoms with Gasteiger partial charge in [-0.05, 0) is 43.5 Å². The van der Waals surface area contributed by atoms with E-state index in [1.807, 2.05) is 0 Å². The normalized spacial score (nSPS) is 13.5. The first kappa shape index (κ1) is 19.6. The molecular weight excluding hydrogens is 412 g/mol. The number of hydrogen-bond donors (Lipinski definition) is 2. The second-order valence-electron chi connectivity index (χ2n) is 7.18. The summed E-state index contributed by atoms with van der Waals surface area (Å²) in [6.07, 6.45) is 2.74. The Hall–Kier alpha value is -2.72. The van der Waals surface area contributed by atoms with E-state index in [2.05, 4.69) is 15.0 Å². The van der Waals surface area contributed by atoms with Gasteiger partial charge in [0.1, 0.15) is 10.7 Å².